The fourth-order valence-corrected chi connectivity index (χ4v) is 3.23. The van der Waals surface area contributed by atoms with Gasteiger partial charge in [-0.15, -0.1) is 0 Å². The standard InChI is InChI=1S/C22H27N3O2/c1-22(2,3)21(27)24-14-15-9-11-16(12-10-15)20(26)25-13-5-6-17-18(23)7-4-8-19(17)25/h4,7-12H,5-6,13-14,23H2,1-3H3,(H,24,27). The first-order valence-corrected chi connectivity index (χ1v) is 9.34. The minimum Gasteiger partial charge on any atom is -0.398 e. The Bertz CT molecular complexity index is 851. The number of anilines is 2. The van der Waals surface area contributed by atoms with E-state index in [-0.39, 0.29) is 11.8 Å². The van der Waals surface area contributed by atoms with E-state index >= 15 is 0 Å². The first-order valence-electron chi connectivity index (χ1n) is 9.34. The van der Waals surface area contributed by atoms with Crippen molar-refractivity contribution in [3.63, 3.8) is 0 Å². The monoisotopic (exact) mass is 365 g/mol. The van der Waals surface area contributed by atoms with Crippen LogP contribution in [-0.4, -0.2) is 18.4 Å². The SMILES string of the molecule is CC(C)(C)C(=O)NCc1ccc(C(=O)N2CCCc3c(N)cccc32)cc1. The molecule has 27 heavy (non-hydrogen) atoms. The number of nitrogen functional groups attached to an aromatic ring is 1. The van der Waals surface area contributed by atoms with E-state index in [4.69, 9.17) is 5.73 Å². The quantitative estimate of drug-likeness (QED) is 0.817. The van der Waals surface area contributed by atoms with Crippen molar-refractivity contribution < 1.29 is 9.59 Å². The molecule has 0 saturated carbocycles. The molecule has 0 saturated heterocycles. The lowest BCUT2D eigenvalue weighted by Gasteiger charge is -2.30. The second-order valence-corrected chi connectivity index (χ2v) is 8.03. The summed E-state index contributed by atoms with van der Waals surface area (Å²) in [7, 11) is 0. The van der Waals surface area contributed by atoms with E-state index in [9.17, 15) is 9.59 Å². The van der Waals surface area contributed by atoms with Gasteiger partial charge in [-0.2, -0.15) is 0 Å². The van der Waals surface area contributed by atoms with Gasteiger partial charge in [0.1, 0.15) is 0 Å². The van der Waals surface area contributed by atoms with E-state index < -0.39 is 5.41 Å². The molecule has 1 heterocycles. The summed E-state index contributed by atoms with van der Waals surface area (Å²) in [5, 5.41) is 2.92. The van der Waals surface area contributed by atoms with Crippen LogP contribution in [0.25, 0.3) is 0 Å². The maximum absolute atomic E-state index is 13.0. The molecule has 3 rings (SSSR count). The topological polar surface area (TPSA) is 75.4 Å². The number of carbonyl (C=O) groups is 2. The van der Waals surface area contributed by atoms with Crippen molar-refractivity contribution in [2.45, 2.75) is 40.2 Å². The molecular weight excluding hydrogens is 338 g/mol. The number of benzene rings is 2. The van der Waals surface area contributed by atoms with Crippen molar-refractivity contribution in [1.29, 1.82) is 0 Å². The fraction of sp³-hybridized carbons (Fsp3) is 0.364. The molecule has 5 heteroatoms. The van der Waals surface area contributed by atoms with Crippen LogP contribution in [0.1, 0.15) is 48.7 Å². The number of carbonyl (C=O) groups excluding carboxylic acids is 2. The second-order valence-electron chi connectivity index (χ2n) is 8.03. The van der Waals surface area contributed by atoms with Gasteiger partial charge in [0.2, 0.25) is 5.91 Å². The average molecular weight is 365 g/mol. The maximum Gasteiger partial charge on any atom is 0.258 e. The fourth-order valence-electron chi connectivity index (χ4n) is 3.23. The van der Waals surface area contributed by atoms with Gasteiger partial charge in [-0.25, -0.2) is 0 Å². The number of fused-ring (bicyclic) bond motifs is 1. The molecule has 2 aromatic carbocycles. The van der Waals surface area contributed by atoms with Gasteiger partial charge in [0, 0.05) is 35.4 Å². The Labute approximate surface area is 160 Å². The molecule has 1 aliphatic rings. The van der Waals surface area contributed by atoms with Gasteiger partial charge in [-0.1, -0.05) is 39.0 Å². The summed E-state index contributed by atoms with van der Waals surface area (Å²) in [5.41, 5.74) is 9.97. The summed E-state index contributed by atoms with van der Waals surface area (Å²) >= 11 is 0. The van der Waals surface area contributed by atoms with Crippen molar-refractivity contribution in [3.05, 3.63) is 59.2 Å². The van der Waals surface area contributed by atoms with Gasteiger partial charge in [0.05, 0.1) is 0 Å². The maximum atomic E-state index is 13.0. The van der Waals surface area contributed by atoms with E-state index in [2.05, 4.69) is 5.32 Å². The van der Waals surface area contributed by atoms with Crippen LogP contribution in [0.2, 0.25) is 0 Å². The zero-order chi connectivity index (χ0) is 19.6. The van der Waals surface area contributed by atoms with Crippen LogP contribution in [0.5, 0.6) is 0 Å². The van der Waals surface area contributed by atoms with E-state index in [1.54, 1.807) is 0 Å². The third kappa shape index (κ3) is 4.13. The predicted molar refractivity (Wildman–Crippen MR) is 109 cm³/mol. The molecule has 0 unspecified atom stereocenters. The minimum absolute atomic E-state index is 0.00478. The van der Waals surface area contributed by atoms with E-state index in [1.807, 2.05) is 68.1 Å². The third-order valence-electron chi connectivity index (χ3n) is 4.87. The number of nitrogens with two attached hydrogens (primary N) is 1. The van der Waals surface area contributed by atoms with Gasteiger partial charge >= 0.3 is 0 Å². The Kier molecular flexibility index (Phi) is 5.22. The van der Waals surface area contributed by atoms with Gasteiger partial charge in [-0.05, 0) is 48.2 Å². The van der Waals surface area contributed by atoms with Gasteiger partial charge < -0.3 is 16.0 Å². The van der Waals surface area contributed by atoms with Crippen molar-refractivity contribution in [2.24, 2.45) is 5.41 Å². The Morgan fingerprint density at radius 1 is 1.11 bits per heavy atom. The number of hydrogen-bond donors (Lipinski definition) is 2. The molecule has 0 fully saturated rings. The van der Waals surface area contributed by atoms with Crippen molar-refractivity contribution in [2.75, 3.05) is 17.2 Å². The minimum atomic E-state index is -0.417. The summed E-state index contributed by atoms with van der Waals surface area (Å²) in [6.07, 6.45) is 1.81. The highest BCUT2D eigenvalue weighted by Crippen LogP contribution is 2.32. The zero-order valence-corrected chi connectivity index (χ0v) is 16.2. The van der Waals surface area contributed by atoms with Crippen LogP contribution in [-0.2, 0) is 17.8 Å². The first-order chi connectivity index (χ1) is 12.8. The molecular formula is C22H27N3O2. The molecule has 0 atom stereocenters. The number of nitrogens with one attached hydrogen (secondary N) is 1. The molecule has 3 N–H and O–H groups in total. The largest absolute Gasteiger partial charge is 0.398 e. The van der Waals surface area contributed by atoms with Crippen LogP contribution in [0.15, 0.2) is 42.5 Å². The second kappa shape index (κ2) is 7.43. The van der Waals surface area contributed by atoms with Gasteiger partial charge in [0.25, 0.3) is 5.91 Å². The lowest BCUT2D eigenvalue weighted by atomic mass is 9.95. The molecule has 2 amide bonds. The van der Waals surface area contributed by atoms with E-state index in [0.717, 1.165) is 35.3 Å². The summed E-state index contributed by atoms with van der Waals surface area (Å²) in [5.74, 6) is -0.0167. The highest BCUT2D eigenvalue weighted by atomic mass is 16.2. The molecule has 0 aromatic heterocycles. The van der Waals surface area contributed by atoms with Crippen molar-refractivity contribution in [1.82, 2.24) is 5.32 Å². The van der Waals surface area contributed by atoms with Crippen LogP contribution in [0.4, 0.5) is 11.4 Å². The Morgan fingerprint density at radius 3 is 2.48 bits per heavy atom. The summed E-state index contributed by atoms with van der Waals surface area (Å²) < 4.78 is 0. The lowest BCUT2D eigenvalue weighted by molar-refractivity contribution is -0.128. The lowest BCUT2D eigenvalue weighted by Crippen LogP contribution is -2.36. The average Bonchev–Trinajstić information content (AvgIpc) is 2.65. The van der Waals surface area contributed by atoms with Crippen LogP contribution < -0.4 is 16.0 Å². The molecule has 1 aliphatic heterocycles. The Balaban J connectivity index is 1.72. The molecule has 5 nitrogen and oxygen atoms in total. The summed E-state index contributed by atoms with van der Waals surface area (Å²) in [4.78, 5) is 26.8. The highest BCUT2D eigenvalue weighted by Gasteiger charge is 2.25. The number of amides is 2. The molecule has 0 aliphatic carbocycles. The van der Waals surface area contributed by atoms with Gasteiger partial charge in [-0.3, -0.25) is 9.59 Å². The Hall–Kier alpha value is -2.82. The molecule has 0 spiro atoms. The highest BCUT2D eigenvalue weighted by molar-refractivity contribution is 6.07. The smallest absolute Gasteiger partial charge is 0.258 e. The Morgan fingerprint density at radius 2 is 1.81 bits per heavy atom. The predicted octanol–water partition coefficient (Wildman–Crippen LogP) is 3.52. The molecule has 0 bridgehead atoms. The third-order valence-corrected chi connectivity index (χ3v) is 4.87. The van der Waals surface area contributed by atoms with Gasteiger partial charge in [0.15, 0.2) is 0 Å². The number of nitrogens with zero attached hydrogens (tertiary/aromatic N) is 1. The number of hydrogen-bond acceptors (Lipinski definition) is 3. The molecule has 0 radical (unpaired) electrons. The molecule has 2 aromatic rings. The summed E-state index contributed by atoms with van der Waals surface area (Å²) in [6.45, 7) is 6.79. The van der Waals surface area contributed by atoms with Crippen LogP contribution in [0, 0.1) is 5.41 Å². The van der Waals surface area contributed by atoms with E-state index in [0.29, 0.717) is 18.7 Å². The van der Waals surface area contributed by atoms with Crippen molar-refractivity contribution in [3.8, 4) is 0 Å². The zero-order valence-electron chi connectivity index (χ0n) is 16.2. The normalized spacial score (nSPS) is 13.8. The summed E-state index contributed by atoms with van der Waals surface area (Å²) in [6, 6.07) is 13.1. The van der Waals surface area contributed by atoms with Crippen LogP contribution >= 0.6 is 0 Å². The number of rotatable bonds is 3. The molecule has 142 valence electrons. The first kappa shape index (κ1) is 19.0. The van der Waals surface area contributed by atoms with E-state index in [1.165, 1.54) is 0 Å². The van der Waals surface area contributed by atoms with Crippen LogP contribution in [0.3, 0.4) is 0 Å². The van der Waals surface area contributed by atoms with Crippen molar-refractivity contribution >= 4 is 23.2 Å².